The number of nitrogens with zero attached hydrogens (tertiary/aromatic N) is 3. The van der Waals surface area contributed by atoms with Crippen LogP contribution < -0.4 is 4.99 Å². The highest BCUT2D eigenvalue weighted by molar-refractivity contribution is 7.80. The number of carbonyl (C=O) groups excluding carboxylic acids is 1. The van der Waals surface area contributed by atoms with Crippen molar-refractivity contribution in [2.75, 3.05) is 46.9 Å². The predicted octanol–water partition coefficient (Wildman–Crippen LogP) is 11.8. The van der Waals surface area contributed by atoms with Crippen LogP contribution in [-0.4, -0.2) is 81.0 Å². The van der Waals surface area contributed by atoms with Gasteiger partial charge in [0.15, 0.2) is 6.54 Å². The molecule has 0 aromatic rings. The van der Waals surface area contributed by atoms with E-state index in [0.717, 1.165) is 57.0 Å². The van der Waals surface area contributed by atoms with Gasteiger partial charge in [0.1, 0.15) is 13.1 Å². The van der Waals surface area contributed by atoms with Gasteiger partial charge >= 0.3 is 5.84 Å². The van der Waals surface area contributed by atoms with Crippen LogP contribution >= 0.6 is 0 Å². The molecule has 59 heavy (non-hydrogen) atoms. The van der Waals surface area contributed by atoms with Gasteiger partial charge in [0, 0.05) is 13.0 Å². The third-order valence-electron chi connectivity index (χ3n) is 12.5. The molecule has 1 heterocycles. The Kier molecular flexibility index (Phi) is 40.7. The number of hydrogen-bond donors (Lipinski definition) is 1. The topological polar surface area (TPSA) is 124 Å². The summed E-state index contributed by atoms with van der Waals surface area (Å²) in [5, 5.41) is 9.27. The number of hydrogen-bond acceptors (Lipinski definition) is 6. The minimum atomic E-state index is -4.41. The van der Waals surface area contributed by atoms with Crippen molar-refractivity contribution in [2.45, 2.75) is 251 Å². The zero-order chi connectivity index (χ0) is 43.6. The summed E-state index contributed by atoms with van der Waals surface area (Å²) < 4.78 is 32.0. The second kappa shape index (κ2) is 41.8. The van der Waals surface area contributed by atoms with Gasteiger partial charge in [-0.15, -0.1) is 0 Å². The first-order chi connectivity index (χ1) is 28.6. The molecule has 1 rings (SSSR count). The molecule has 1 aliphatic rings. The van der Waals surface area contributed by atoms with E-state index in [2.05, 4.69) is 36.1 Å². The molecular weight excluding hydrogens is 757 g/mol. The molecule has 0 aliphatic carbocycles. The number of nitrogens with one attached hydrogen (secondary N) is 1. The average molecular weight is 854 g/mol. The second-order valence-electron chi connectivity index (χ2n) is 17.9. The van der Waals surface area contributed by atoms with E-state index in [1.165, 1.54) is 211 Å². The van der Waals surface area contributed by atoms with E-state index in [1.807, 2.05) is 4.90 Å². The zero-order valence-corrected chi connectivity index (χ0v) is 40.3. The van der Waals surface area contributed by atoms with Crippen LogP contribution in [0.25, 0.3) is 0 Å². The van der Waals surface area contributed by atoms with Gasteiger partial charge in [0.25, 0.3) is 0 Å². The third kappa shape index (κ3) is 37.9. The van der Waals surface area contributed by atoms with E-state index < -0.39 is 10.4 Å². The van der Waals surface area contributed by atoms with E-state index in [0.29, 0.717) is 19.4 Å². The lowest BCUT2D eigenvalue weighted by Gasteiger charge is -2.30. The van der Waals surface area contributed by atoms with Crippen LogP contribution in [0.4, 0.5) is 0 Å². The Bertz CT molecular complexity index is 1130. The van der Waals surface area contributed by atoms with Crippen molar-refractivity contribution in [3.05, 3.63) is 0 Å². The lowest BCUT2D eigenvalue weighted by molar-refractivity contribution is -0.817. The van der Waals surface area contributed by atoms with Gasteiger partial charge in [-0.3, -0.25) is 8.98 Å². The van der Waals surface area contributed by atoms with Gasteiger partial charge in [-0.25, -0.2) is 12.9 Å². The Morgan fingerprint density at radius 2 is 0.983 bits per heavy atom. The highest BCUT2D eigenvalue weighted by Gasteiger charge is 2.39. The van der Waals surface area contributed by atoms with E-state index >= 15 is 0 Å². The fraction of sp³-hybridized carbons (Fsp3) is 0.939. The fourth-order valence-electron chi connectivity index (χ4n) is 8.44. The van der Waals surface area contributed by atoms with Crippen molar-refractivity contribution >= 4 is 22.1 Å². The molecule has 0 aromatic heterocycles. The number of rotatable bonds is 42. The van der Waals surface area contributed by atoms with Crippen molar-refractivity contribution in [2.24, 2.45) is 0 Å². The Labute approximate surface area is 366 Å². The highest BCUT2D eigenvalue weighted by atomic mass is 32.3. The van der Waals surface area contributed by atoms with Gasteiger partial charge in [-0.1, -0.05) is 219 Å². The SMILES string of the molecule is CCCCCCCCCCCCCCCCCCCC(=O)N(CCC#N)CC[N+]1(C)CC[NH+]=C1CCCCCCCCCCCCCCCCCCC.COS(=O)(=O)[O-]. The molecule has 1 unspecified atom stereocenters. The molecular formula is C49H97N4O5S+. The number of amides is 1. The highest BCUT2D eigenvalue weighted by Crippen LogP contribution is 2.18. The maximum absolute atomic E-state index is 13.2. The molecule has 0 radical (unpaired) electrons. The van der Waals surface area contributed by atoms with Gasteiger partial charge in [0.2, 0.25) is 16.3 Å². The average Bonchev–Trinajstić information content (AvgIpc) is 3.59. The number of amidine groups is 1. The van der Waals surface area contributed by atoms with Crippen LogP contribution in [0.1, 0.15) is 251 Å². The molecule has 0 saturated carbocycles. The molecule has 348 valence electrons. The van der Waals surface area contributed by atoms with Gasteiger partial charge in [-0.05, 0) is 12.8 Å². The van der Waals surface area contributed by atoms with Crippen LogP contribution in [-0.2, 0) is 19.4 Å². The van der Waals surface area contributed by atoms with Crippen LogP contribution in [0, 0.1) is 11.3 Å². The van der Waals surface area contributed by atoms with Crippen molar-refractivity contribution in [3.63, 3.8) is 0 Å². The summed E-state index contributed by atoms with van der Waals surface area (Å²) in [6.45, 7) is 9.03. The Morgan fingerprint density at radius 3 is 1.32 bits per heavy atom. The zero-order valence-electron chi connectivity index (χ0n) is 39.5. The van der Waals surface area contributed by atoms with Crippen molar-refractivity contribution in [1.29, 1.82) is 5.26 Å². The second-order valence-corrected chi connectivity index (χ2v) is 19.0. The molecule has 0 fully saturated rings. The van der Waals surface area contributed by atoms with Gasteiger partial charge in [0.05, 0.1) is 39.6 Å². The Balaban J connectivity index is 0.00000518. The van der Waals surface area contributed by atoms with Gasteiger partial charge in [-0.2, -0.15) is 10.3 Å². The van der Waals surface area contributed by atoms with Crippen molar-refractivity contribution < 1.29 is 31.4 Å². The molecule has 1 N–H and O–H groups in total. The number of nitriles is 1. The van der Waals surface area contributed by atoms with E-state index in [-0.39, 0.29) is 5.91 Å². The monoisotopic (exact) mass is 854 g/mol. The number of likely N-dealkylation sites (N-methyl/N-ethyl adjacent to an activating group) is 1. The Morgan fingerprint density at radius 1 is 0.644 bits per heavy atom. The van der Waals surface area contributed by atoms with Crippen LogP contribution in [0.15, 0.2) is 0 Å². The number of carbonyl (C=O) groups is 1. The summed E-state index contributed by atoms with van der Waals surface area (Å²) in [4.78, 5) is 19.0. The van der Waals surface area contributed by atoms with Gasteiger partial charge < -0.3 is 9.45 Å². The molecule has 1 atom stereocenters. The largest absolute Gasteiger partial charge is 0.726 e. The van der Waals surface area contributed by atoms with Crippen LogP contribution in [0.2, 0.25) is 0 Å². The van der Waals surface area contributed by atoms with Crippen molar-refractivity contribution in [1.82, 2.24) is 4.90 Å². The minimum absolute atomic E-state index is 0.259. The van der Waals surface area contributed by atoms with Crippen LogP contribution in [0.5, 0.6) is 0 Å². The summed E-state index contributed by atoms with van der Waals surface area (Å²) in [5.41, 5.74) is 0. The normalized spacial score (nSPS) is 15.2. The maximum Gasteiger partial charge on any atom is 0.336 e. The molecule has 1 aliphatic heterocycles. The predicted molar refractivity (Wildman–Crippen MR) is 248 cm³/mol. The summed E-state index contributed by atoms with van der Waals surface area (Å²) in [6.07, 6.45) is 49.3. The molecule has 0 spiro atoms. The van der Waals surface area contributed by atoms with Crippen LogP contribution in [0.3, 0.4) is 0 Å². The summed E-state index contributed by atoms with van der Waals surface area (Å²) in [5.74, 6) is 1.72. The quantitative estimate of drug-likeness (QED) is 0.0282. The van der Waals surface area contributed by atoms with Crippen molar-refractivity contribution in [3.8, 4) is 6.07 Å². The maximum atomic E-state index is 13.2. The molecule has 0 saturated heterocycles. The lowest BCUT2D eigenvalue weighted by Crippen LogP contribution is -2.72. The molecule has 10 heteroatoms. The number of unbranched alkanes of at least 4 members (excludes halogenated alkanes) is 32. The van der Waals surface area contributed by atoms with E-state index in [4.69, 9.17) is 0 Å². The summed E-state index contributed by atoms with van der Waals surface area (Å²) in [6, 6.07) is 2.28. The Hall–Kier alpha value is -1.54. The first-order valence-electron chi connectivity index (χ1n) is 25.2. The summed E-state index contributed by atoms with van der Waals surface area (Å²) >= 11 is 0. The standard InChI is InChI=1S/C48H93N4O.CH4O4S/c1-4-6-8-10-12-14-16-18-20-22-24-26-28-30-32-34-36-39-47-50-42-45-52(47,3)46-44-51(43-38-41-49)48(53)40-37-35-33-31-29-27-25-23-21-19-17-15-13-11-9-7-5-2;1-5-6(2,3)4/h4-40,42-46H2,1-3H3;1H3,(H,2,3,4)/q+1;. The first-order valence-corrected chi connectivity index (χ1v) is 26.6. The lowest BCUT2D eigenvalue weighted by atomic mass is 10.0. The third-order valence-corrected chi connectivity index (χ3v) is 12.9. The fourth-order valence-corrected chi connectivity index (χ4v) is 8.44. The summed E-state index contributed by atoms with van der Waals surface area (Å²) in [7, 11) is -1.25. The van der Waals surface area contributed by atoms with E-state index in [1.54, 1.807) is 0 Å². The first kappa shape index (κ1) is 57.5. The molecule has 0 aromatic carbocycles. The smallest absolute Gasteiger partial charge is 0.336 e. The molecule has 9 nitrogen and oxygen atoms in total. The molecule has 0 bridgehead atoms. The number of quaternary nitrogens is 1. The van der Waals surface area contributed by atoms with E-state index in [9.17, 15) is 23.0 Å². The molecule has 1 amide bonds. The minimum Gasteiger partial charge on any atom is -0.726 e.